The van der Waals surface area contributed by atoms with Crippen LogP contribution in [-0.2, 0) is 21.7 Å². The molecule has 2 atom stereocenters. The van der Waals surface area contributed by atoms with Gasteiger partial charge in [-0.1, -0.05) is 183 Å². The van der Waals surface area contributed by atoms with Crippen LogP contribution in [0.25, 0.3) is 51.5 Å². The molecule has 0 radical (unpaired) electrons. The molecule has 5 aliphatic rings. The van der Waals surface area contributed by atoms with Crippen molar-refractivity contribution in [3.63, 3.8) is 0 Å². The first kappa shape index (κ1) is 48.8. The Hall–Kier alpha value is -7.12. The van der Waals surface area contributed by atoms with Gasteiger partial charge in [0.25, 0.3) is 6.71 Å². The third-order valence-corrected chi connectivity index (χ3v) is 22.9. The van der Waals surface area contributed by atoms with Crippen LogP contribution in [0, 0.1) is 0 Å². The third kappa shape index (κ3) is 6.61. The molecule has 2 aliphatic carbocycles. The Kier molecular flexibility index (Phi) is 10.2. The average Bonchev–Trinajstić information content (AvgIpc) is 2.22. The number of nitrogens with zero attached hydrogens (tertiary/aromatic N) is 3. The molecule has 80 heavy (non-hydrogen) atoms. The van der Waals surface area contributed by atoms with Crippen LogP contribution >= 0.6 is 22.7 Å². The van der Waals surface area contributed by atoms with Gasteiger partial charge in [0.15, 0.2) is 0 Å². The molecular formula is C74H68BN3S2. The fourth-order valence-electron chi connectivity index (χ4n) is 16.0. The zero-order valence-corrected chi connectivity index (χ0v) is 49.4. The Morgan fingerprint density at radius 2 is 1.11 bits per heavy atom. The lowest BCUT2D eigenvalue weighted by atomic mass is 9.33. The van der Waals surface area contributed by atoms with Crippen LogP contribution in [0.5, 0.6) is 0 Å². The predicted molar refractivity (Wildman–Crippen MR) is 348 cm³/mol. The van der Waals surface area contributed by atoms with Crippen molar-refractivity contribution in [2.24, 2.45) is 0 Å². The molecule has 394 valence electrons. The van der Waals surface area contributed by atoms with E-state index in [1.807, 2.05) is 22.7 Å². The molecule has 11 aromatic rings. The van der Waals surface area contributed by atoms with Crippen LogP contribution in [0.1, 0.15) is 123 Å². The Bertz CT molecular complexity index is 4440. The van der Waals surface area contributed by atoms with E-state index in [0.29, 0.717) is 0 Å². The van der Waals surface area contributed by atoms with Crippen molar-refractivity contribution in [3.8, 4) is 11.1 Å². The summed E-state index contributed by atoms with van der Waals surface area (Å²) in [6.45, 7) is 22.2. The van der Waals surface area contributed by atoms with Gasteiger partial charge in [-0.05, 0) is 154 Å². The smallest absolute Gasteiger partial charge is 0.252 e. The normalized spacial score (nSPS) is 20.5. The molecule has 6 heteroatoms. The highest BCUT2D eigenvalue weighted by Gasteiger charge is 2.58. The topological polar surface area (TPSA) is 9.72 Å². The van der Waals surface area contributed by atoms with Gasteiger partial charge in [-0.3, -0.25) is 0 Å². The molecule has 2 aromatic heterocycles. The lowest BCUT2D eigenvalue weighted by Crippen LogP contribution is -2.62. The van der Waals surface area contributed by atoms with E-state index in [9.17, 15) is 0 Å². The van der Waals surface area contributed by atoms with Gasteiger partial charge in [-0.25, -0.2) is 0 Å². The van der Waals surface area contributed by atoms with E-state index >= 15 is 0 Å². The van der Waals surface area contributed by atoms with Crippen LogP contribution < -0.4 is 31.1 Å². The Balaban J connectivity index is 1.11. The van der Waals surface area contributed by atoms with Crippen molar-refractivity contribution in [1.29, 1.82) is 0 Å². The fraction of sp³-hybridized carbons (Fsp3) is 0.270. The molecule has 0 bridgehead atoms. The van der Waals surface area contributed by atoms with E-state index in [0.717, 1.165) is 19.3 Å². The van der Waals surface area contributed by atoms with E-state index in [-0.39, 0.29) is 33.9 Å². The molecule has 3 aliphatic heterocycles. The van der Waals surface area contributed by atoms with E-state index < -0.39 is 0 Å². The number of rotatable bonds is 4. The molecule has 16 rings (SSSR count). The maximum absolute atomic E-state index is 2.84. The molecule has 3 nitrogen and oxygen atoms in total. The molecule has 0 amide bonds. The first-order valence-electron chi connectivity index (χ1n) is 29.5. The van der Waals surface area contributed by atoms with Crippen LogP contribution in [0.2, 0.25) is 0 Å². The van der Waals surface area contributed by atoms with Crippen LogP contribution in [0.4, 0.5) is 45.5 Å². The second kappa shape index (κ2) is 16.7. The minimum atomic E-state index is -0.162. The minimum absolute atomic E-state index is 0.00319. The first-order valence-corrected chi connectivity index (χ1v) is 31.1. The summed E-state index contributed by atoms with van der Waals surface area (Å²) in [4.78, 5) is 8.40. The van der Waals surface area contributed by atoms with Gasteiger partial charge in [-0.2, -0.15) is 0 Å². The van der Waals surface area contributed by atoms with Crippen LogP contribution in [0.15, 0.2) is 176 Å². The highest BCUT2D eigenvalue weighted by Crippen LogP contribution is 2.63. The number of para-hydroxylation sites is 1. The van der Waals surface area contributed by atoms with Crippen molar-refractivity contribution in [1.82, 2.24) is 0 Å². The van der Waals surface area contributed by atoms with Gasteiger partial charge in [0, 0.05) is 75.1 Å². The molecule has 0 spiro atoms. The molecule has 1 fully saturated rings. The molecular weight excluding hydrogens is 1010 g/mol. The zero-order chi connectivity index (χ0) is 54.4. The molecule has 9 aromatic carbocycles. The molecule has 0 N–H and O–H groups in total. The molecule has 2 unspecified atom stereocenters. The van der Waals surface area contributed by atoms with Crippen LogP contribution in [-0.4, -0.2) is 12.3 Å². The molecule has 5 heterocycles. The first-order chi connectivity index (χ1) is 38.5. The maximum atomic E-state index is 2.84. The van der Waals surface area contributed by atoms with Gasteiger partial charge < -0.3 is 14.7 Å². The lowest BCUT2D eigenvalue weighted by Gasteiger charge is -2.51. The number of hydrogen-bond acceptors (Lipinski definition) is 5. The number of benzene rings is 9. The van der Waals surface area contributed by atoms with Gasteiger partial charge in [0.05, 0.1) is 27.3 Å². The summed E-state index contributed by atoms with van der Waals surface area (Å²) in [6.07, 6.45) is 7.05. The minimum Gasteiger partial charge on any atom is -0.334 e. The van der Waals surface area contributed by atoms with E-state index in [2.05, 4.69) is 253 Å². The lowest BCUT2D eigenvalue weighted by molar-refractivity contribution is 0.195. The van der Waals surface area contributed by atoms with Crippen molar-refractivity contribution in [3.05, 3.63) is 198 Å². The highest BCUT2D eigenvalue weighted by atomic mass is 32.1. The average molecular weight is 1070 g/mol. The Labute approximate surface area is 480 Å². The summed E-state index contributed by atoms with van der Waals surface area (Å²) in [5.41, 5.74) is 22.4. The highest BCUT2D eigenvalue weighted by molar-refractivity contribution is 7.27. The number of anilines is 8. The van der Waals surface area contributed by atoms with Gasteiger partial charge in [-0.15, -0.1) is 22.7 Å². The molecule has 1 saturated carbocycles. The second-order valence-electron chi connectivity index (χ2n) is 27.0. The van der Waals surface area contributed by atoms with Crippen molar-refractivity contribution < 1.29 is 0 Å². The van der Waals surface area contributed by atoms with E-state index in [1.54, 1.807) is 0 Å². The molecule has 0 saturated heterocycles. The zero-order valence-electron chi connectivity index (χ0n) is 47.7. The summed E-state index contributed by atoms with van der Waals surface area (Å²) in [6, 6.07) is 69.3. The fourth-order valence-corrected chi connectivity index (χ4v) is 18.4. The third-order valence-electron chi connectivity index (χ3n) is 20.6. The number of thiophene rings is 2. The van der Waals surface area contributed by atoms with Crippen molar-refractivity contribution >= 4 is 132 Å². The van der Waals surface area contributed by atoms with Crippen LogP contribution in [0.3, 0.4) is 0 Å². The summed E-state index contributed by atoms with van der Waals surface area (Å²) < 4.78 is 5.31. The maximum Gasteiger partial charge on any atom is 0.252 e. The summed E-state index contributed by atoms with van der Waals surface area (Å²) in [5.74, 6) is 0. The summed E-state index contributed by atoms with van der Waals surface area (Å²) in [7, 11) is 0. The largest absolute Gasteiger partial charge is 0.334 e. The SMILES string of the molecule is CC(C)(C)c1ccc(N2c3cc(N4c5ccccc5C5(C)CCCCC45C)cc4c3B(c3cc5c(cc3N4c3cccc4sc6ccccc6c34)C(C)(C)CCC5(C)C)c3ccc4c(sc5ccccc54)c32)c(-c2ccccc2)c1. The monoisotopic (exact) mass is 1070 g/mol. The van der Waals surface area contributed by atoms with Crippen molar-refractivity contribution in [2.45, 2.75) is 128 Å². The number of hydrogen-bond donors (Lipinski definition) is 0. The quantitative estimate of drug-likeness (QED) is 0.163. The van der Waals surface area contributed by atoms with Crippen molar-refractivity contribution in [2.75, 3.05) is 14.7 Å². The van der Waals surface area contributed by atoms with E-state index in [4.69, 9.17) is 0 Å². The van der Waals surface area contributed by atoms with Gasteiger partial charge in [0.2, 0.25) is 0 Å². The van der Waals surface area contributed by atoms with Gasteiger partial charge >= 0.3 is 0 Å². The predicted octanol–water partition coefficient (Wildman–Crippen LogP) is 19.6. The Morgan fingerprint density at radius 1 is 0.463 bits per heavy atom. The summed E-state index contributed by atoms with van der Waals surface area (Å²) in [5, 5.41) is 5.30. The standard InChI is InChI=1S/C74H68BN3S2/c1-70(2,3)46-32-35-57(51(40-46)45-22-11-10-12-23-45)77-62-42-47(78-58-27-16-15-26-52(58)73(8)36-19-20-37-74(73,78)9)41-61-67(62)75(55-34-33-49-48-24-13-17-29-63(48)80-69(49)68(55)77)56-43-53-54(72(6,7)39-38-71(53,4)5)44-60(56)76(61)59-28-21-31-65-66(59)50-25-14-18-30-64(50)79-65/h10-18,21-35,40-44H,19-20,36-39H2,1-9H3. The summed E-state index contributed by atoms with van der Waals surface area (Å²) >= 11 is 3.89. The second-order valence-corrected chi connectivity index (χ2v) is 29.1. The number of fused-ring (bicyclic) bond motifs is 15. The van der Waals surface area contributed by atoms with E-state index in [1.165, 1.54) is 155 Å². The Morgan fingerprint density at radius 3 is 1.89 bits per heavy atom. The van der Waals surface area contributed by atoms with Gasteiger partial charge in [0.1, 0.15) is 0 Å².